The first-order valence-corrected chi connectivity index (χ1v) is 7.03. The van der Waals surface area contributed by atoms with Crippen molar-refractivity contribution in [2.24, 2.45) is 0 Å². The summed E-state index contributed by atoms with van der Waals surface area (Å²) in [4.78, 5) is 11.9. The summed E-state index contributed by atoms with van der Waals surface area (Å²) in [7, 11) is 0. The van der Waals surface area contributed by atoms with Crippen LogP contribution in [0, 0.1) is 0 Å². The SMILES string of the molecule is Nc1ccc(C(=O)OCCCCc2ccccc2)c(N)c1. The molecule has 0 aliphatic rings. The van der Waals surface area contributed by atoms with Crippen molar-refractivity contribution in [2.75, 3.05) is 18.1 Å². The number of benzene rings is 2. The number of nitrogen functional groups attached to an aromatic ring is 2. The maximum Gasteiger partial charge on any atom is 0.340 e. The van der Waals surface area contributed by atoms with E-state index in [9.17, 15) is 4.79 Å². The lowest BCUT2D eigenvalue weighted by atomic mass is 10.1. The molecule has 0 aromatic heterocycles. The van der Waals surface area contributed by atoms with Crippen molar-refractivity contribution in [3.8, 4) is 0 Å². The number of anilines is 2. The molecule has 0 heterocycles. The third-order valence-electron chi connectivity index (χ3n) is 3.23. The highest BCUT2D eigenvalue weighted by molar-refractivity contribution is 5.95. The van der Waals surface area contributed by atoms with Crippen LogP contribution in [0.3, 0.4) is 0 Å². The number of nitrogens with two attached hydrogens (primary N) is 2. The van der Waals surface area contributed by atoms with Gasteiger partial charge < -0.3 is 16.2 Å². The van der Waals surface area contributed by atoms with Crippen LogP contribution in [-0.2, 0) is 11.2 Å². The van der Waals surface area contributed by atoms with Gasteiger partial charge in [0.2, 0.25) is 0 Å². The Hall–Kier alpha value is -2.49. The van der Waals surface area contributed by atoms with Crippen molar-refractivity contribution in [3.63, 3.8) is 0 Å². The molecule has 2 aromatic rings. The zero-order valence-corrected chi connectivity index (χ0v) is 11.9. The molecule has 4 heteroatoms. The molecule has 21 heavy (non-hydrogen) atoms. The zero-order chi connectivity index (χ0) is 15.1. The van der Waals surface area contributed by atoms with Crippen molar-refractivity contribution in [1.82, 2.24) is 0 Å². The molecule has 0 amide bonds. The van der Waals surface area contributed by atoms with Crippen molar-refractivity contribution in [2.45, 2.75) is 19.3 Å². The quantitative estimate of drug-likeness (QED) is 0.485. The molecule has 2 aromatic carbocycles. The fourth-order valence-electron chi connectivity index (χ4n) is 2.09. The minimum atomic E-state index is -0.396. The molecule has 2 rings (SSSR count). The Morgan fingerprint density at radius 2 is 1.76 bits per heavy atom. The Morgan fingerprint density at radius 1 is 1.00 bits per heavy atom. The lowest BCUT2D eigenvalue weighted by molar-refractivity contribution is 0.0500. The normalized spacial score (nSPS) is 10.3. The molecule has 0 bridgehead atoms. The molecule has 0 radical (unpaired) electrons. The fourth-order valence-corrected chi connectivity index (χ4v) is 2.09. The van der Waals surface area contributed by atoms with Crippen molar-refractivity contribution in [1.29, 1.82) is 0 Å². The van der Waals surface area contributed by atoms with Gasteiger partial charge in [-0.15, -0.1) is 0 Å². The van der Waals surface area contributed by atoms with Crippen molar-refractivity contribution in [3.05, 3.63) is 59.7 Å². The van der Waals surface area contributed by atoms with E-state index >= 15 is 0 Å². The van der Waals surface area contributed by atoms with Crippen LogP contribution in [0.2, 0.25) is 0 Å². The zero-order valence-electron chi connectivity index (χ0n) is 11.9. The van der Waals surface area contributed by atoms with Crippen LogP contribution in [0.5, 0.6) is 0 Å². The lowest BCUT2D eigenvalue weighted by Crippen LogP contribution is -2.09. The number of aryl methyl sites for hydroxylation is 1. The third kappa shape index (κ3) is 4.53. The van der Waals surface area contributed by atoms with Crippen LogP contribution in [0.25, 0.3) is 0 Å². The van der Waals surface area contributed by atoms with Gasteiger partial charge in [-0.2, -0.15) is 0 Å². The molecule has 0 unspecified atom stereocenters. The fraction of sp³-hybridized carbons (Fsp3) is 0.235. The first kappa shape index (κ1) is 14.9. The summed E-state index contributed by atoms with van der Waals surface area (Å²) in [6.45, 7) is 0.398. The largest absolute Gasteiger partial charge is 0.462 e. The molecule has 0 saturated carbocycles. The van der Waals surface area contributed by atoms with Gasteiger partial charge in [-0.25, -0.2) is 4.79 Å². The van der Waals surface area contributed by atoms with Gasteiger partial charge in [0.1, 0.15) is 0 Å². The van der Waals surface area contributed by atoms with Gasteiger partial charge in [0.15, 0.2) is 0 Å². The molecule has 0 fully saturated rings. The molecular weight excluding hydrogens is 264 g/mol. The average molecular weight is 284 g/mol. The second-order valence-electron chi connectivity index (χ2n) is 4.93. The van der Waals surface area contributed by atoms with Gasteiger partial charge in [-0.1, -0.05) is 30.3 Å². The standard InChI is InChI=1S/C17H20N2O2/c18-14-9-10-15(16(19)12-14)17(20)21-11-5-4-8-13-6-2-1-3-7-13/h1-3,6-7,9-10,12H,4-5,8,11,18-19H2. The van der Waals surface area contributed by atoms with Gasteiger partial charge in [0.05, 0.1) is 12.2 Å². The summed E-state index contributed by atoms with van der Waals surface area (Å²) < 4.78 is 5.23. The maximum atomic E-state index is 11.9. The monoisotopic (exact) mass is 284 g/mol. The van der Waals surface area contributed by atoms with Crippen molar-refractivity contribution < 1.29 is 9.53 Å². The number of hydrogen-bond donors (Lipinski definition) is 2. The molecule has 0 saturated heterocycles. The molecule has 4 nitrogen and oxygen atoms in total. The highest BCUT2D eigenvalue weighted by atomic mass is 16.5. The summed E-state index contributed by atoms with van der Waals surface area (Å²) in [5.74, 6) is -0.396. The lowest BCUT2D eigenvalue weighted by Gasteiger charge is -2.07. The molecule has 4 N–H and O–H groups in total. The molecule has 0 aliphatic heterocycles. The molecular formula is C17H20N2O2. The number of ether oxygens (including phenoxy) is 1. The molecule has 0 aliphatic carbocycles. The number of esters is 1. The van der Waals surface area contributed by atoms with Gasteiger partial charge >= 0.3 is 5.97 Å². The smallest absolute Gasteiger partial charge is 0.340 e. The highest BCUT2D eigenvalue weighted by Crippen LogP contribution is 2.16. The minimum absolute atomic E-state index is 0.351. The van der Waals surface area contributed by atoms with Gasteiger partial charge in [-0.05, 0) is 43.0 Å². The van der Waals surface area contributed by atoms with E-state index in [4.69, 9.17) is 16.2 Å². The maximum absolute atomic E-state index is 11.9. The number of carbonyl (C=O) groups excluding carboxylic acids is 1. The van der Waals surface area contributed by atoms with Crippen molar-refractivity contribution >= 4 is 17.3 Å². The average Bonchev–Trinajstić information content (AvgIpc) is 2.47. The van der Waals surface area contributed by atoms with Crippen LogP contribution in [0.15, 0.2) is 48.5 Å². The van der Waals surface area contributed by atoms with E-state index in [0.717, 1.165) is 19.3 Å². The Morgan fingerprint density at radius 3 is 2.48 bits per heavy atom. The predicted octanol–water partition coefficient (Wildman–Crippen LogP) is 3.03. The summed E-state index contributed by atoms with van der Waals surface area (Å²) >= 11 is 0. The Labute approximate surface area is 124 Å². The summed E-state index contributed by atoms with van der Waals surface area (Å²) in [5.41, 5.74) is 13.9. The predicted molar refractivity (Wildman–Crippen MR) is 84.9 cm³/mol. The van der Waals surface area contributed by atoms with E-state index in [2.05, 4.69) is 12.1 Å². The molecule has 0 spiro atoms. The van der Waals surface area contributed by atoms with Crippen LogP contribution >= 0.6 is 0 Å². The van der Waals surface area contributed by atoms with E-state index in [1.165, 1.54) is 5.56 Å². The first-order valence-electron chi connectivity index (χ1n) is 7.03. The third-order valence-corrected chi connectivity index (χ3v) is 3.23. The summed E-state index contributed by atoms with van der Waals surface area (Å²) in [6, 6.07) is 15.0. The summed E-state index contributed by atoms with van der Waals surface area (Å²) in [5, 5.41) is 0. The number of rotatable bonds is 6. The van der Waals surface area contributed by atoms with Crippen LogP contribution < -0.4 is 11.5 Å². The van der Waals surface area contributed by atoms with E-state index in [-0.39, 0.29) is 0 Å². The Bertz CT molecular complexity index is 597. The Kier molecular flexibility index (Phi) is 5.21. The van der Waals surface area contributed by atoms with Gasteiger partial charge in [-0.3, -0.25) is 0 Å². The van der Waals surface area contributed by atoms with E-state index in [0.29, 0.717) is 23.5 Å². The number of carbonyl (C=O) groups is 1. The van der Waals surface area contributed by atoms with E-state index in [1.807, 2.05) is 18.2 Å². The number of unbranched alkanes of at least 4 members (excludes halogenated alkanes) is 1. The Balaban J connectivity index is 1.72. The molecule has 110 valence electrons. The topological polar surface area (TPSA) is 78.3 Å². The first-order chi connectivity index (χ1) is 10.2. The minimum Gasteiger partial charge on any atom is -0.462 e. The summed E-state index contributed by atoms with van der Waals surface area (Å²) in [6.07, 6.45) is 2.80. The molecule has 0 atom stereocenters. The van der Waals surface area contributed by atoms with Crippen LogP contribution in [0.1, 0.15) is 28.8 Å². The van der Waals surface area contributed by atoms with Crippen LogP contribution in [-0.4, -0.2) is 12.6 Å². The van der Waals surface area contributed by atoms with Crippen LogP contribution in [0.4, 0.5) is 11.4 Å². The number of hydrogen-bond acceptors (Lipinski definition) is 4. The van der Waals surface area contributed by atoms with Gasteiger partial charge in [0, 0.05) is 11.4 Å². The van der Waals surface area contributed by atoms with Gasteiger partial charge in [0.25, 0.3) is 0 Å². The second-order valence-corrected chi connectivity index (χ2v) is 4.93. The second kappa shape index (κ2) is 7.33. The van der Waals surface area contributed by atoms with E-state index < -0.39 is 5.97 Å². The highest BCUT2D eigenvalue weighted by Gasteiger charge is 2.10. The van der Waals surface area contributed by atoms with E-state index in [1.54, 1.807) is 18.2 Å².